The second kappa shape index (κ2) is 11.0. The Bertz CT molecular complexity index is 1220. The number of hydrogen-bond donors (Lipinski definition) is 4. The summed E-state index contributed by atoms with van der Waals surface area (Å²) in [5.74, 6) is -0.0691. The first kappa shape index (κ1) is 26.8. The van der Waals surface area contributed by atoms with Crippen LogP contribution in [0.1, 0.15) is 69.4 Å². The monoisotopic (exact) mass is 527 g/mol. The number of piperidine rings is 1. The molecular formula is C25H37N9O2S. The molecule has 1 aliphatic rings. The maximum absolute atomic E-state index is 12.7. The minimum atomic E-state index is -0.329. The molecule has 4 N–H and O–H groups in total. The van der Waals surface area contributed by atoms with E-state index >= 15 is 0 Å². The molecule has 3 aromatic rings. The van der Waals surface area contributed by atoms with Crippen LogP contribution >= 0.6 is 11.3 Å². The number of amides is 3. The van der Waals surface area contributed by atoms with Crippen molar-refractivity contribution >= 4 is 34.0 Å². The molecule has 200 valence electrons. The third-order valence-electron chi connectivity index (χ3n) is 6.92. The fourth-order valence-corrected chi connectivity index (χ4v) is 4.94. The summed E-state index contributed by atoms with van der Waals surface area (Å²) in [5.41, 5.74) is 3.08. The summed E-state index contributed by atoms with van der Waals surface area (Å²) < 4.78 is 3.75. The van der Waals surface area contributed by atoms with Gasteiger partial charge in [-0.15, -0.1) is 11.3 Å². The molecule has 0 spiro atoms. The number of nitrogens with one attached hydrogen (secondary N) is 4. The van der Waals surface area contributed by atoms with Crippen LogP contribution in [0.15, 0.2) is 30.3 Å². The van der Waals surface area contributed by atoms with Crippen LogP contribution in [-0.2, 0) is 11.1 Å². The van der Waals surface area contributed by atoms with Crippen LogP contribution in [0, 0.1) is 6.92 Å². The molecule has 0 unspecified atom stereocenters. The van der Waals surface area contributed by atoms with Crippen molar-refractivity contribution in [1.82, 2.24) is 35.2 Å². The highest BCUT2D eigenvalue weighted by Gasteiger charge is 2.29. The van der Waals surface area contributed by atoms with Gasteiger partial charge in [0, 0.05) is 18.4 Å². The Morgan fingerprint density at radius 3 is 2.32 bits per heavy atom. The van der Waals surface area contributed by atoms with Gasteiger partial charge in [0.25, 0.3) is 5.91 Å². The van der Waals surface area contributed by atoms with Gasteiger partial charge in [-0.1, -0.05) is 0 Å². The molecule has 0 aromatic carbocycles. The van der Waals surface area contributed by atoms with E-state index in [-0.39, 0.29) is 29.1 Å². The smallest absolute Gasteiger partial charge is 0.324 e. The lowest BCUT2D eigenvalue weighted by molar-refractivity contribution is 0.0929. The number of carbonyl (C=O) groups is 2. The molecule has 4 heterocycles. The number of aryl methyl sites for hydroxylation is 1. The van der Waals surface area contributed by atoms with Crippen LogP contribution in [-0.4, -0.2) is 55.6 Å². The first-order valence-electron chi connectivity index (χ1n) is 12.6. The number of aromatic nitrogens is 5. The van der Waals surface area contributed by atoms with Crippen molar-refractivity contribution in [2.45, 2.75) is 77.4 Å². The molecule has 37 heavy (non-hydrogen) atoms. The predicted molar refractivity (Wildman–Crippen MR) is 145 cm³/mol. The standard InChI is InChI=1S/C25H37N9O2S/c1-17-22(37-16-27-17)32-23(36)31-20-13-29-34(15-20)25(4,5)9-8-24(2,3)33-14-18(12-28-33)21(35)30-19-6-10-26-11-7-19/h12-16,19,26H,6-11H2,1-5H3,(H,30,35)(H2,31,32,36). The van der Waals surface area contributed by atoms with Crippen LogP contribution in [0.5, 0.6) is 0 Å². The highest BCUT2D eigenvalue weighted by Crippen LogP contribution is 2.30. The van der Waals surface area contributed by atoms with E-state index in [4.69, 9.17) is 0 Å². The topological polar surface area (TPSA) is 131 Å². The number of thiazole rings is 1. The van der Waals surface area contributed by atoms with Crippen molar-refractivity contribution in [2.75, 3.05) is 23.7 Å². The van der Waals surface area contributed by atoms with E-state index in [9.17, 15) is 9.59 Å². The first-order valence-corrected chi connectivity index (χ1v) is 13.5. The Kier molecular flexibility index (Phi) is 7.98. The maximum Gasteiger partial charge on any atom is 0.324 e. The Morgan fingerprint density at radius 1 is 1.03 bits per heavy atom. The molecule has 12 heteroatoms. The van der Waals surface area contributed by atoms with Gasteiger partial charge < -0.3 is 16.0 Å². The fourth-order valence-electron chi connectivity index (χ4n) is 4.25. The number of carbonyl (C=O) groups excluding carboxylic acids is 2. The third kappa shape index (κ3) is 6.75. The summed E-state index contributed by atoms with van der Waals surface area (Å²) in [6.45, 7) is 12.2. The second-order valence-electron chi connectivity index (χ2n) is 10.8. The first-order chi connectivity index (χ1) is 17.5. The van der Waals surface area contributed by atoms with Gasteiger partial charge in [-0.25, -0.2) is 9.78 Å². The highest BCUT2D eigenvalue weighted by atomic mass is 32.1. The molecule has 0 aliphatic carbocycles. The largest absolute Gasteiger partial charge is 0.349 e. The van der Waals surface area contributed by atoms with Crippen molar-refractivity contribution in [3.05, 3.63) is 41.6 Å². The number of rotatable bonds is 9. The number of urea groups is 1. The van der Waals surface area contributed by atoms with Crippen LogP contribution < -0.4 is 21.3 Å². The summed E-state index contributed by atoms with van der Waals surface area (Å²) >= 11 is 1.38. The average molecular weight is 528 g/mol. The summed E-state index contributed by atoms with van der Waals surface area (Å²) in [5, 5.41) is 21.8. The molecule has 0 saturated carbocycles. The highest BCUT2D eigenvalue weighted by molar-refractivity contribution is 7.14. The van der Waals surface area contributed by atoms with Crippen molar-refractivity contribution in [1.29, 1.82) is 0 Å². The molecule has 0 radical (unpaired) electrons. The number of hydrogen-bond acceptors (Lipinski definition) is 7. The van der Waals surface area contributed by atoms with Gasteiger partial charge in [-0.05, 0) is 73.4 Å². The van der Waals surface area contributed by atoms with Gasteiger partial charge in [0.15, 0.2) is 0 Å². The van der Waals surface area contributed by atoms with Crippen LogP contribution in [0.25, 0.3) is 0 Å². The van der Waals surface area contributed by atoms with E-state index in [0.717, 1.165) is 49.5 Å². The Morgan fingerprint density at radius 2 is 1.68 bits per heavy atom. The molecule has 0 atom stereocenters. The van der Waals surface area contributed by atoms with E-state index in [2.05, 4.69) is 64.1 Å². The zero-order valence-corrected chi connectivity index (χ0v) is 23.0. The second-order valence-corrected chi connectivity index (χ2v) is 11.7. The molecule has 0 bridgehead atoms. The summed E-state index contributed by atoms with van der Waals surface area (Å²) in [7, 11) is 0. The Balaban J connectivity index is 1.32. The van der Waals surface area contributed by atoms with Crippen LogP contribution in [0.4, 0.5) is 15.5 Å². The zero-order chi connectivity index (χ0) is 26.6. The minimum absolute atomic E-state index is 0.0691. The molecule has 1 aliphatic heterocycles. The normalized spacial score (nSPS) is 14.9. The average Bonchev–Trinajstić information content (AvgIpc) is 3.61. The molecule has 1 fully saturated rings. The summed E-state index contributed by atoms with van der Waals surface area (Å²) in [4.78, 5) is 29.2. The lowest BCUT2D eigenvalue weighted by atomic mass is 9.89. The predicted octanol–water partition coefficient (Wildman–Crippen LogP) is 3.92. The van der Waals surface area contributed by atoms with Gasteiger partial charge in [0.2, 0.25) is 0 Å². The van der Waals surface area contributed by atoms with Crippen LogP contribution in [0.3, 0.4) is 0 Å². The van der Waals surface area contributed by atoms with Crippen molar-refractivity contribution < 1.29 is 9.59 Å². The molecular weight excluding hydrogens is 490 g/mol. The molecule has 4 rings (SSSR count). The van der Waals surface area contributed by atoms with E-state index in [0.29, 0.717) is 11.3 Å². The van der Waals surface area contributed by atoms with Crippen molar-refractivity contribution in [3.63, 3.8) is 0 Å². The lowest BCUT2D eigenvalue weighted by Gasteiger charge is -2.32. The molecule has 11 nitrogen and oxygen atoms in total. The SMILES string of the molecule is Cc1ncsc1NC(=O)Nc1cnn(C(C)(C)CCC(C)(C)n2cc(C(=O)NC3CCNCC3)cn2)c1. The number of nitrogens with zero attached hydrogens (tertiary/aromatic N) is 5. The van der Waals surface area contributed by atoms with Gasteiger partial charge in [-0.2, -0.15) is 10.2 Å². The molecule has 3 aromatic heterocycles. The minimum Gasteiger partial charge on any atom is -0.349 e. The zero-order valence-electron chi connectivity index (χ0n) is 22.2. The van der Waals surface area contributed by atoms with Gasteiger partial charge in [-0.3, -0.25) is 19.5 Å². The van der Waals surface area contributed by atoms with E-state index < -0.39 is 0 Å². The van der Waals surface area contributed by atoms with Gasteiger partial charge >= 0.3 is 6.03 Å². The third-order valence-corrected chi connectivity index (χ3v) is 7.77. The lowest BCUT2D eigenvalue weighted by Crippen LogP contribution is -2.42. The summed E-state index contributed by atoms with van der Waals surface area (Å²) in [6.07, 6.45) is 10.5. The Hall–Kier alpha value is -3.25. The van der Waals surface area contributed by atoms with E-state index in [1.165, 1.54) is 11.3 Å². The summed E-state index contributed by atoms with van der Waals surface area (Å²) in [6, 6.07) is -0.119. The number of anilines is 2. The Labute approximate surface area is 221 Å². The van der Waals surface area contributed by atoms with Gasteiger partial charge in [0.1, 0.15) is 5.00 Å². The maximum atomic E-state index is 12.7. The van der Waals surface area contributed by atoms with Gasteiger partial charge in [0.05, 0.1) is 45.9 Å². The quantitative estimate of drug-likeness (QED) is 0.334. The van der Waals surface area contributed by atoms with Crippen molar-refractivity contribution in [3.8, 4) is 0 Å². The van der Waals surface area contributed by atoms with Crippen LogP contribution in [0.2, 0.25) is 0 Å². The molecule has 1 saturated heterocycles. The van der Waals surface area contributed by atoms with E-state index in [1.54, 1.807) is 17.9 Å². The van der Waals surface area contributed by atoms with E-state index in [1.807, 2.05) is 28.7 Å². The fraction of sp³-hybridized carbons (Fsp3) is 0.560. The van der Waals surface area contributed by atoms with Crippen molar-refractivity contribution in [2.24, 2.45) is 0 Å². The molecule has 3 amide bonds.